The Labute approximate surface area is 322 Å². The number of allylic oxidation sites excluding steroid dienone is 1. The van der Waals surface area contributed by atoms with Crippen LogP contribution in [0.2, 0.25) is 0 Å². The summed E-state index contributed by atoms with van der Waals surface area (Å²) >= 11 is 0. The first kappa shape index (κ1) is 54.6. The Hall–Kier alpha value is -2.79. The van der Waals surface area contributed by atoms with Crippen LogP contribution in [0.5, 0.6) is 0 Å². The predicted molar refractivity (Wildman–Crippen MR) is 210 cm³/mol. The molecule has 11 heteroatoms. The standard InChI is InChI=1S/C11H22O3.C11H20O3.C10H18O3.C10H18O2/c2*1-6-9(12)7-8(2)10(13)14-11(3,4)5;1-7(5-8-6-12-8)9(11)13-10(2,3)4;1-6-7-8(2)9(11)12-10(3,4)5/h8-9,12H,6-7H2,1-5H3;8H,6-7H2,1-5H3;7-8H,5-6H2,1-4H3;6,8H,1,7H2,2-5H3. The Morgan fingerprint density at radius 2 is 1.00 bits per heavy atom. The molecule has 1 N–H and O–H groups in total. The summed E-state index contributed by atoms with van der Waals surface area (Å²) in [7, 11) is 0. The van der Waals surface area contributed by atoms with Crippen molar-refractivity contribution in [3.63, 3.8) is 0 Å². The average Bonchev–Trinajstić information content (AvgIpc) is 3.78. The lowest BCUT2D eigenvalue weighted by atomic mass is 10.0. The molecular weight excluding hydrogens is 680 g/mol. The minimum atomic E-state index is -0.472. The van der Waals surface area contributed by atoms with Crippen LogP contribution in [0.15, 0.2) is 12.7 Å². The molecule has 1 aliphatic heterocycles. The summed E-state index contributed by atoms with van der Waals surface area (Å²) in [5, 5.41) is 9.37. The summed E-state index contributed by atoms with van der Waals surface area (Å²) in [6, 6.07) is 0. The van der Waals surface area contributed by atoms with Crippen molar-refractivity contribution in [2.45, 2.75) is 198 Å². The van der Waals surface area contributed by atoms with Crippen molar-refractivity contribution in [2.75, 3.05) is 6.61 Å². The number of Topliss-reactive ketones (excluding diaryl/α,β-unsaturated/α-hetero) is 1. The van der Waals surface area contributed by atoms with Crippen molar-refractivity contribution in [2.24, 2.45) is 23.7 Å². The number of esters is 4. The van der Waals surface area contributed by atoms with Crippen molar-refractivity contribution in [1.29, 1.82) is 0 Å². The molecule has 6 unspecified atom stereocenters. The molecule has 0 amide bonds. The summed E-state index contributed by atoms with van der Waals surface area (Å²) in [6.07, 6.45) is 5.00. The first-order chi connectivity index (χ1) is 23.8. The van der Waals surface area contributed by atoms with Gasteiger partial charge in [-0.1, -0.05) is 47.6 Å². The summed E-state index contributed by atoms with van der Waals surface area (Å²) < 4.78 is 25.8. The smallest absolute Gasteiger partial charge is 0.309 e. The van der Waals surface area contributed by atoms with E-state index in [0.29, 0.717) is 31.8 Å². The zero-order chi connectivity index (χ0) is 42.5. The first-order valence-corrected chi connectivity index (χ1v) is 19.1. The molecule has 0 aromatic carbocycles. The number of ketones is 1. The van der Waals surface area contributed by atoms with Gasteiger partial charge in [-0.05, 0) is 109 Å². The van der Waals surface area contributed by atoms with Gasteiger partial charge in [0.05, 0.1) is 42.5 Å². The number of carbonyl (C=O) groups excluding carboxylic acids is 5. The fraction of sp³-hybridized carbons (Fsp3) is 0.833. The predicted octanol–water partition coefficient (Wildman–Crippen LogP) is 8.75. The van der Waals surface area contributed by atoms with Gasteiger partial charge < -0.3 is 28.8 Å². The molecular formula is C42H78O11. The van der Waals surface area contributed by atoms with Crippen molar-refractivity contribution < 1.29 is 52.8 Å². The number of hydrogen-bond acceptors (Lipinski definition) is 11. The second kappa shape index (κ2) is 25.3. The molecule has 6 atom stereocenters. The summed E-state index contributed by atoms with van der Waals surface area (Å²) in [6.45, 7) is 37.5. The van der Waals surface area contributed by atoms with E-state index in [-0.39, 0.29) is 71.0 Å². The molecule has 0 aromatic rings. The van der Waals surface area contributed by atoms with Gasteiger partial charge in [-0.2, -0.15) is 0 Å². The Bertz CT molecular complexity index is 1100. The SMILES string of the molecule is C=CCC(C)C(=O)OC(C)(C)C.CC(CC1CO1)C(=O)OC(C)(C)C.CCC(=O)CC(C)C(=O)OC(C)(C)C.CCC(O)CC(C)C(=O)OC(C)(C)C. The van der Waals surface area contributed by atoms with Crippen LogP contribution in [0, 0.1) is 23.7 Å². The van der Waals surface area contributed by atoms with Gasteiger partial charge in [0.15, 0.2) is 0 Å². The Balaban J connectivity index is -0.000000630. The lowest BCUT2D eigenvalue weighted by Gasteiger charge is -2.23. The second-order valence-corrected chi connectivity index (χ2v) is 17.8. The summed E-state index contributed by atoms with van der Waals surface area (Å²) in [5.41, 5.74) is -1.68. The van der Waals surface area contributed by atoms with Crippen LogP contribution in [0.3, 0.4) is 0 Å². The van der Waals surface area contributed by atoms with Gasteiger partial charge in [0.25, 0.3) is 0 Å². The fourth-order valence-corrected chi connectivity index (χ4v) is 3.89. The number of aliphatic hydroxyl groups excluding tert-OH is 1. The van der Waals surface area contributed by atoms with Crippen molar-refractivity contribution in [1.82, 2.24) is 0 Å². The Morgan fingerprint density at radius 3 is 1.30 bits per heavy atom. The zero-order valence-electron chi connectivity index (χ0n) is 36.7. The Kier molecular flexibility index (Phi) is 26.1. The highest BCUT2D eigenvalue weighted by Gasteiger charge is 2.30. The molecule has 0 aliphatic carbocycles. The van der Waals surface area contributed by atoms with Gasteiger partial charge in [0.2, 0.25) is 0 Å². The fourth-order valence-electron chi connectivity index (χ4n) is 3.89. The van der Waals surface area contributed by atoms with Gasteiger partial charge in [0, 0.05) is 12.8 Å². The summed E-state index contributed by atoms with van der Waals surface area (Å²) in [4.78, 5) is 56.7. The monoisotopic (exact) mass is 759 g/mol. The van der Waals surface area contributed by atoms with Crippen LogP contribution in [-0.4, -0.2) is 76.0 Å². The topological polar surface area (TPSA) is 155 Å². The van der Waals surface area contributed by atoms with Crippen LogP contribution in [-0.2, 0) is 47.7 Å². The van der Waals surface area contributed by atoms with E-state index in [9.17, 15) is 29.1 Å². The third kappa shape index (κ3) is 36.0. The molecule has 0 saturated carbocycles. The van der Waals surface area contributed by atoms with Crippen molar-refractivity contribution in [3.8, 4) is 0 Å². The average molecular weight is 759 g/mol. The van der Waals surface area contributed by atoms with E-state index in [1.54, 1.807) is 26.8 Å². The maximum atomic E-state index is 11.5. The highest BCUT2D eigenvalue weighted by atomic mass is 16.6. The van der Waals surface area contributed by atoms with Crippen LogP contribution in [0.25, 0.3) is 0 Å². The molecule has 0 aromatic heterocycles. The number of epoxide rings is 1. The minimum Gasteiger partial charge on any atom is -0.460 e. The molecule has 312 valence electrons. The third-order valence-corrected chi connectivity index (χ3v) is 6.80. The second-order valence-electron chi connectivity index (χ2n) is 17.8. The van der Waals surface area contributed by atoms with Gasteiger partial charge in [0.1, 0.15) is 28.2 Å². The molecule has 1 aliphatic rings. The largest absolute Gasteiger partial charge is 0.460 e. The molecule has 0 bridgehead atoms. The lowest BCUT2D eigenvalue weighted by Crippen LogP contribution is -2.29. The molecule has 1 rings (SSSR count). The number of hydrogen-bond donors (Lipinski definition) is 1. The van der Waals surface area contributed by atoms with Gasteiger partial charge in [-0.3, -0.25) is 24.0 Å². The quantitative estimate of drug-likeness (QED) is 0.0782. The first-order valence-electron chi connectivity index (χ1n) is 19.1. The van der Waals surface area contributed by atoms with E-state index in [1.807, 2.05) is 104 Å². The van der Waals surface area contributed by atoms with E-state index < -0.39 is 17.3 Å². The maximum Gasteiger partial charge on any atom is 0.309 e. The zero-order valence-corrected chi connectivity index (χ0v) is 36.7. The molecule has 0 radical (unpaired) electrons. The highest BCUT2D eigenvalue weighted by Crippen LogP contribution is 2.22. The third-order valence-electron chi connectivity index (χ3n) is 6.80. The molecule has 0 spiro atoms. The van der Waals surface area contributed by atoms with E-state index in [4.69, 9.17) is 23.7 Å². The number of ether oxygens (including phenoxy) is 5. The molecule has 53 heavy (non-hydrogen) atoms. The van der Waals surface area contributed by atoms with E-state index >= 15 is 0 Å². The van der Waals surface area contributed by atoms with E-state index in [0.717, 1.165) is 13.0 Å². The van der Waals surface area contributed by atoms with E-state index in [2.05, 4.69) is 6.58 Å². The lowest BCUT2D eigenvalue weighted by molar-refractivity contribution is -0.161. The molecule has 1 saturated heterocycles. The Morgan fingerprint density at radius 1 is 0.660 bits per heavy atom. The van der Waals surface area contributed by atoms with Crippen LogP contribution in [0.1, 0.15) is 163 Å². The van der Waals surface area contributed by atoms with Gasteiger partial charge >= 0.3 is 23.9 Å². The van der Waals surface area contributed by atoms with Gasteiger partial charge in [-0.25, -0.2) is 0 Å². The van der Waals surface area contributed by atoms with Gasteiger partial charge in [-0.15, -0.1) is 6.58 Å². The van der Waals surface area contributed by atoms with Crippen LogP contribution in [0.4, 0.5) is 0 Å². The molecule has 11 nitrogen and oxygen atoms in total. The number of carbonyl (C=O) groups is 5. The van der Waals surface area contributed by atoms with Crippen molar-refractivity contribution in [3.05, 3.63) is 12.7 Å². The highest BCUT2D eigenvalue weighted by molar-refractivity contribution is 5.84. The van der Waals surface area contributed by atoms with E-state index in [1.165, 1.54) is 0 Å². The van der Waals surface area contributed by atoms with Crippen molar-refractivity contribution >= 4 is 29.7 Å². The number of aliphatic hydroxyl groups is 1. The normalized spacial score (nSPS) is 16.8. The summed E-state index contributed by atoms with van der Waals surface area (Å²) in [5.74, 6) is -1.39. The minimum absolute atomic E-state index is 0.0493. The molecule has 1 fully saturated rings. The van der Waals surface area contributed by atoms with Crippen LogP contribution >= 0.6 is 0 Å². The molecule has 1 heterocycles. The maximum absolute atomic E-state index is 11.5. The number of rotatable bonds is 14. The van der Waals surface area contributed by atoms with Crippen LogP contribution < -0.4 is 0 Å².